The number of benzene rings is 1. The van der Waals surface area contributed by atoms with Gasteiger partial charge in [-0.15, -0.1) is 0 Å². The van der Waals surface area contributed by atoms with E-state index in [0.29, 0.717) is 12.2 Å². The molecule has 3 heterocycles. The standard InChI is InChI=1S/C18H17N3O4/c22-16-14(8-11-9-19-15-6-2-1-5-13(11)15)17(23)21(18(24)20-16)10-12-4-3-7-25-12/h1-2,5-6,8-9,12,23H,3-4,7,10H2,(H,20,22,24)/b11-8+/t12-/m1/s1. The van der Waals surface area contributed by atoms with Crippen LogP contribution in [0.1, 0.15) is 24.0 Å². The van der Waals surface area contributed by atoms with Crippen molar-refractivity contribution in [2.75, 3.05) is 6.61 Å². The van der Waals surface area contributed by atoms with Crippen molar-refractivity contribution in [2.45, 2.75) is 25.5 Å². The van der Waals surface area contributed by atoms with Gasteiger partial charge in [0, 0.05) is 24.0 Å². The minimum atomic E-state index is -0.638. The van der Waals surface area contributed by atoms with Gasteiger partial charge in [0.25, 0.3) is 5.56 Å². The third-order valence-electron chi connectivity index (χ3n) is 4.47. The number of hydrogen-bond acceptors (Lipinski definition) is 5. The van der Waals surface area contributed by atoms with Crippen LogP contribution in [-0.4, -0.2) is 33.6 Å². The number of nitrogens with one attached hydrogen (secondary N) is 1. The predicted octanol–water partition coefficient (Wildman–Crippen LogP) is 1.68. The minimum Gasteiger partial charge on any atom is -0.494 e. The molecule has 0 amide bonds. The van der Waals surface area contributed by atoms with Crippen LogP contribution in [0, 0.1) is 0 Å². The largest absolute Gasteiger partial charge is 0.494 e. The fourth-order valence-corrected chi connectivity index (χ4v) is 3.18. The van der Waals surface area contributed by atoms with Gasteiger partial charge in [-0.05, 0) is 25.0 Å². The lowest BCUT2D eigenvalue weighted by Gasteiger charge is -2.14. The van der Waals surface area contributed by atoms with Crippen LogP contribution < -0.4 is 11.2 Å². The van der Waals surface area contributed by atoms with Gasteiger partial charge in [-0.1, -0.05) is 18.2 Å². The van der Waals surface area contributed by atoms with Gasteiger partial charge in [0.15, 0.2) is 0 Å². The molecule has 7 nitrogen and oxygen atoms in total. The molecular weight excluding hydrogens is 322 g/mol. The molecule has 0 spiro atoms. The van der Waals surface area contributed by atoms with E-state index in [2.05, 4.69) is 9.98 Å². The predicted molar refractivity (Wildman–Crippen MR) is 94.4 cm³/mol. The molecule has 1 fully saturated rings. The highest BCUT2D eigenvalue weighted by atomic mass is 16.5. The van der Waals surface area contributed by atoms with E-state index >= 15 is 0 Å². The van der Waals surface area contributed by atoms with Crippen LogP contribution in [0.3, 0.4) is 0 Å². The summed E-state index contributed by atoms with van der Waals surface area (Å²) < 4.78 is 6.67. The van der Waals surface area contributed by atoms with Crippen LogP contribution in [0.5, 0.6) is 5.88 Å². The summed E-state index contributed by atoms with van der Waals surface area (Å²) >= 11 is 0. The highest BCUT2D eigenvalue weighted by Gasteiger charge is 2.21. The van der Waals surface area contributed by atoms with Crippen LogP contribution in [-0.2, 0) is 11.3 Å². The summed E-state index contributed by atoms with van der Waals surface area (Å²) in [6.07, 6.45) is 4.80. The molecule has 1 aromatic heterocycles. The number of H-pyrrole nitrogens is 1. The van der Waals surface area contributed by atoms with Gasteiger partial charge >= 0.3 is 5.69 Å². The third kappa shape index (κ3) is 2.83. The normalized spacial score (nSPS) is 20.3. The lowest BCUT2D eigenvalue weighted by atomic mass is 10.1. The third-order valence-corrected chi connectivity index (χ3v) is 4.47. The number of ether oxygens (including phenoxy) is 1. The number of aliphatic imine (C=N–C) groups is 1. The first-order valence-corrected chi connectivity index (χ1v) is 8.16. The van der Waals surface area contributed by atoms with E-state index in [1.807, 2.05) is 24.3 Å². The number of allylic oxidation sites excluding steroid dienone is 1. The average Bonchev–Trinajstić information content (AvgIpc) is 3.25. The molecule has 7 heteroatoms. The number of aromatic amines is 1. The summed E-state index contributed by atoms with van der Waals surface area (Å²) in [6.45, 7) is 0.857. The molecule has 2 aromatic rings. The first-order chi connectivity index (χ1) is 12.1. The Bertz CT molecular complexity index is 994. The van der Waals surface area contributed by atoms with E-state index in [4.69, 9.17) is 4.74 Å². The monoisotopic (exact) mass is 339 g/mol. The fraction of sp³-hybridized carbons (Fsp3) is 0.278. The van der Waals surface area contributed by atoms with Gasteiger partial charge in [-0.2, -0.15) is 0 Å². The molecule has 25 heavy (non-hydrogen) atoms. The molecule has 0 unspecified atom stereocenters. The van der Waals surface area contributed by atoms with E-state index in [1.54, 1.807) is 12.3 Å². The summed E-state index contributed by atoms with van der Waals surface area (Å²) in [4.78, 5) is 30.8. The second-order valence-electron chi connectivity index (χ2n) is 6.12. The Morgan fingerprint density at radius 2 is 2.20 bits per heavy atom. The molecule has 0 saturated carbocycles. The molecule has 128 valence electrons. The highest BCUT2D eigenvalue weighted by Crippen LogP contribution is 2.32. The van der Waals surface area contributed by atoms with Crippen molar-refractivity contribution >= 4 is 23.6 Å². The Labute approximate surface area is 142 Å². The smallest absolute Gasteiger partial charge is 0.331 e. The van der Waals surface area contributed by atoms with E-state index < -0.39 is 11.2 Å². The van der Waals surface area contributed by atoms with Crippen molar-refractivity contribution in [1.82, 2.24) is 9.55 Å². The summed E-state index contributed by atoms with van der Waals surface area (Å²) in [6, 6.07) is 7.52. The lowest BCUT2D eigenvalue weighted by molar-refractivity contribution is 0.0934. The van der Waals surface area contributed by atoms with Crippen molar-refractivity contribution in [1.29, 1.82) is 0 Å². The Morgan fingerprint density at radius 3 is 3.00 bits per heavy atom. The zero-order valence-corrected chi connectivity index (χ0v) is 13.4. The SMILES string of the molecule is O=c1[nH]c(=O)n(C[C@H]2CCCO2)c(O)c1/C=C1\C=Nc2ccccc21. The Balaban J connectivity index is 1.78. The van der Waals surface area contributed by atoms with Crippen molar-refractivity contribution in [3.8, 4) is 5.88 Å². The average molecular weight is 339 g/mol. The Morgan fingerprint density at radius 1 is 1.36 bits per heavy atom. The fourth-order valence-electron chi connectivity index (χ4n) is 3.18. The molecule has 2 aliphatic rings. The van der Waals surface area contributed by atoms with Crippen LogP contribution in [0.2, 0.25) is 0 Å². The summed E-state index contributed by atoms with van der Waals surface area (Å²) in [7, 11) is 0. The van der Waals surface area contributed by atoms with Crippen molar-refractivity contribution in [2.24, 2.45) is 4.99 Å². The summed E-state index contributed by atoms with van der Waals surface area (Å²) in [5.41, 5.74) is 1.15. The highest BCUT2D eigenvalue weighted by molar-refractivity contribution is 6.21. The topological polar surface area (TPSA) is 96.7 Å². The maximum Gasteiger partial charge on any atom is 0.331 e. The number of aromatic nitrogens is 2. The van der Waals surface area contributed by atoms with Crippen LogP contribution in [0.15, 0.2) is 38.8 Å². The van der Waals surface area contributed by atoms with Crippen molar-refractivity contribution in [3.63, 3.8) is 0 Å². The Kier molecular flexibility index (Phi) is 3.85. The molecule has 1 atom stereocenters. The number of hydrogen-bond donors (Lipinski definition) is 2. The number of para-hydroxylation sites is 1. The quantitative estimate of drug-likeness (QED) is 0.889. The number of aromatic hydroxyl groups is 1. The zero-order valence-electron chi connectivity index (χ0n) is 13.4. The molecule has 2 N–H and O–H groups in total. The molecule has 0 aliphatic carbocycles. The van der Waals surface area contributed by atoms with E-state index in [0.717, 1.165) is 28.7 Å². The number of nitrogens with zero attached hydrogens (tertiary/aromatic N) is 2. The summed E-state index contributed by atoms with van der Waals surface area (Å²) in [5, 5.41) is 10.5. The first kappa shape index (κ1) is 15.6. The molecule has 1 aromatic carbocycles. The lowest BCUT2D eigenvalue weighted by Crippen LogP contribution is -2.34. The number of fused-ring (bicyclic) bond motifs is 1. The van der Waals surface area contributed by atoms with Crippen LogP contribution >= 0.6 is 0 Å². The number of rotatable bonds is 3. The van der Waals surface area contributed by atoms with Gasteiger partial charge in [0.05, 0.1) is 18.3 Å². The van der Waals surface area contributed by atoms with E-state index in [1.165, 1.54) is 0 Å². The molecule has 0 bridgehead atoms. The van der Waals surface area contributed by atoms with Gasteiger partial charge < -0.3 is 9.84 Å². The van der Waals surface area contributed by atoms with Gasteiger partial charge in [-0.25, -0.2) is 4.79 Å². The molecule has 4 rings (SSSR count). The maximum absolute atomic E-state index is 12.2. The van der Waals surface area contributed by atoms with Gasteiger partial charge in [0.1, 0.15) is 5.56 Å². The molecule has 0 radical (unpaired) electrons. The van der Waals surface area contributed by atoms with Crippen LogP contribution in [0.4, 0.5) is 5.69 Å². The second-order valence-corrected chi connectivity index (χ2v) is 6.12. The minimum absolute atomic E-state index is 0.0377. The molecule has 2 aliphatic heterocycles. The Hall–Kier alpha value is -2.93. The zero-order chi connectivity index (χ0) is 17.4. The molecule has 1 saturated heterocycles. The van der Waals surface area contributed by atoms with Crippen LogP contribution in [0.25, 0.3) is 11.6 Å². The van der Waals surface area contributed by atoms with E-state index in [-0.39, 0.29) is 24.1 Å². The van der Waals surface area contributed by atoms with Crippen molar-refractivity contribution in [3.05, 3.63) is 56.2 Å². The second kappa shape index (κ2) is 6.18. The van der Waals surface area contributed by atoms with Crippen molar-refractivity contribution < 1.29 is 9.84 Å². The van der Waals surface area contributed by atoms with E-state index in [9.17, 15) is 14.7 Å². The first-order valence-electron chi connectivity index (χ1n) is 8.16. The maximum atomic E-state index is 12.2. The summed E-state index contributed by atoms with van der Waals surface area (Å²) in [5.74, 6) is -0.352. The molecular formula is C18H17N3O4. The van der Waals surface area contributed by atoms with Gasteiger partial charge in [0.2, 0.25) is 5.88 Å². The van der Waals surface area contributed by atoms with Gasteiger partial charge in [-0.3, -0.25) is 19.3 Å².